The molecule has 3 nitrogen and oxygen atoms in total. The lowest BCUT2D eigenvalue weighted by molar-refractivity contribution is 0.508. The van der Waals surface area contributed by atoms with Gasteiger partial charge in [-0.05, 0) is 13.3 Å². The fourth-order valence-corrected chi connectivity index (χ4v) is 0.771. The fourth-order valence-electron chi connectivity index (χ4n) is 0.771. The molecule has 0 radical (unpaired) electrons. The van der Waals surface area contributed by atoms with E-state index in [1.165, 1.54) is 0 Å². The zero-order chi connectivity index (χ0) is 10.7. The van der Waals surface area contributed by atoms with E-state index in [0.717, 1.165) is 25.5 Å². The van der Waals surface area contributed by atoms with Gasteiger partial charge in [0.25, 0.3) is 0 Å². The van der Waals surface area contributed by atoms with Gasteiger partial charge in [-0.25, -0.2) is 0 Å². The Labute approximate surface area is 83.2 Å². The van der Waals surface area contributed by atoms with Crippen LogP contribution in [0.5, 0.6) is 0 Å². The molecule has 13 heavy (non-hydrogen) atoms. The Balaban J connectivity index is 0. The Kier molecular flexibility index (Phi) is 12.8. The van der Waals surface area contributed by atoms with E-state index in [0.29, 0.717) is 0 Å². The van der Waals surface area contributed by atoms with Gasteiger partial charge in [0.05, 0.1) is 0 Å². The number of guanidine groups is 1. The van der Waals surface area contributed by atoms with Crippen molar-refractivity contribution in [2.24, 2.45) is 4.99 Å². The first-order valence-corrected chi connectivity index (χ1v) is 5.18. The van der Waals surface area contributed by atoms with Gasteiger partial charge in [-0.3, -0.25) is 4.99 Å². The highest BCUT2D eigenvalue weighted by Crippen LogP contribution is 1.83. The largest absolute Gasteiger partial charge is 0.356 e. The van der Waals surface area contributed by atoms with Crippen LogP contribution in [0.25, 0.3) is 0 Å². The zero-order valence-electron chi connectivity index (χ0n) is 10.0. The van der Waals surface area contributed by atoms with Crippen molar-refractivity contribution in [1.82, 2.24) is 10.2 Å². The van der Waals surface area contributed by atoms with Crippen molar-refractivity contribution >= 4 is 5.96 Å². The molecule has 0 spiro atoms. The van der Waals surface area contributed by atoms with Crippen LogP contribution >= 0.6 is 0 Å². The van der Waals surface area contributed by atoms with Crippen molar-refractivity contribution in [2.75, 3.05) is 27.2 Å². The van der Waals surface area contributed by atoms with Crippen molar-refractivity contribution in [3.63, 3.8) is 0 Å². The SMILES string of the molecule is CC.CCCNC(=NC)N(C)CC. The van der Waals surface area contributed by atoms with Gasteiger partial charge in [0.1, 0.15) is 0 Å². The molecule has 0 rings (SSSR count). The standard InChI is InChI=1S/C8H19N3.C2H6/c1-5-7-10-8(9-3)11(4)6-2;1-2/h5-7H2,1-4H3,(H,9,10);1-2H3. The lowest BCUT2D eigenvalue weighted by Gasteiger charge is -2.19. The summed E-state index contributed by atoms with van der Waals surface area (Å²) in [6.07, 6.45) is 1.14. The van der Waals surface area contributed by atoms with Gasteiger partial charge in [-0.1, -0.05) is 20.8 Å². The maximum atomic E-state index is 4.13. The van der Waals surface area contributed by atoms with Crippen LogP contribution in [-0.4, -0.2) is 38.0 Å². The average molecular weight is 187 g/mol. The Bertz CT molecular complexity index is 121. The number of hydrogen-bond acceptors (Lipinski definition) is 1. The predicted octanol–water partition coefficient (Wildman–Crippen LogP) is 1.95. The first-order valence-electron chi connectivity index (χ1n) is 5.18. The molecule has 0 bridgehead atoms. The number of aliphatic imine (C=N–C) groups is 1. The summed E-state index contributed by atoms with van der Waals surface area (Å²) >= 11 is 0. The Morgan fingerprint density at radius 2 is 1.85 bits per heavy atom. The van der Waals surface area contributed by atoms with Crippen molar-refractivity contribution in [1.29, 1.82) is 0 Å². The Morgan fingerprint density at radius 1 is 1.31 bits per heavy atom. The highest BCUT2D eigenvalue weighted by molar-refractivity contribution is 5.79. The lowest BCUT2D eigenvalue weighted by atomic mass is 10.5. The van der Waals surface area contributed by atoms with Crippen LogP contribution in [0.1, 0.15) is 34.1 Å². The molecule has 0 aliphatic carbocycles. The molecule has 0 amide bonds. The second-order valence-corrected chi connectivity index (χ2v) is 2.49. The molecule has 0 saturated carbocycles. The van der Waals surface area contributed by atoms with E-state index in [9.17, 15) is 0 Å². The van der Waals surface area contributed by atoms with Crippen LogP contribution in [0.3, 0.4) is 0 Å². The zero-order valence-corrected chi connectivity index (χ0v) is 10.0. The maximum absolute atomic E-state index is 4.13. The van der Waals surface area contributed by atoms with Gasteiger partial charge >= 0.3 is 0 Å². The summed E-state index contributed by atoms with van der Waals surface area (Å²) in [4.78, 5) is 6.22. The minimum Gasteiger partial charge on any atom is -0.356 e. The summed E-state index contributed by atoms with van der Waals surface area (Å²) in [5.41, 5.74) is 0. The quantitative estimate of drug-likeness (QED) is 0.540. The van der Waals surface area contributed by atoms with Crippen LogP contribution < -0.4 is 5.32 Å². The summed E-state index contributed by atoms with van der Waals surface area (Å²) in [5.74, 6) is 0.981. The third-order valence-corrected chi connectivity index (χ3v) is 1.58. The van der Waals surface area contributed by atoms with E-state index in [-0.39, 0.29) is 0 Å². The number of hydrogen-bond donors (Lipinski definition) is 1. The minimum atomic E-state index is 0.981. The first-order chi connectivity index (χ1) is 6.26. The molecule has 80 valence electrons. The summed E-state index contributed by atoms with van der Waals surface area (Å²) < 4.78 is 0. The second-order valence-electron chi connectivity index (χ2n) is 2.49. The molecule has 0 fully saturated rings. The second kappa shape index (κ2) is 11.3. The highest BCUT2D eigenvalue weighted by atomic mass is 15.3. The van der Waals surface area contributed by atoms with Crippen molar-refractivity contribution in [2.45, 2.75) is 34.1 Å². The van der Waals surface area contributed by atoms with Gasteiger partial charge in [-0.15, -0.1) is 0 Å². The lowest BCUT2D eigenvalue weighted by Crippen LogP contribution is -2.38. The summed E-state index contributed by atoms with van der Waals surface area (Å²) in [6, 6.07) is 0. The fraction of sp³-hybridized carbons (Fsp3) is 0.900. The summed E-state index contributed by atoms with van der Waals surface area (Å²) in [6.45, 7) is 10.2. The number of nitrogens with zero attached hydrogens (tertiary/aromatic N) is 2. The molecule has 0 unspecified atom stereocenters. The molecule has 0 aromatic carbocycles. The van der Waals surface area contributed by atoms with Crippen molar-refractivity contribution in [3.05, 3.63) is 0 Å². The van der Waals surface area contributed by atoms with Crippen LogP contribution in [-0.2, 0) is 0 Å². The predicted molar refractivity (Wildman–Crippen MR) is 61.3 cm³/mol. The molecular weight excluding hydrogens is 162 g/mol. The molecule has 0 aliphatic rings. The van der Waals surface area contributed by atoms with Crippen LogP contribution in [0, 0.1) is 0 Å². The van der Waals surface area contributed by atoms with E-state index < -0.39 is 0 Å². The maximum Gasteiger partial charge on any atom is 0.193 e. The monoisotopic (exact) mass is 187 g/mol. The van der Waals surface area contributed by atoms with Gasteiger partial charge < -0.3 is 10.2 Å². The third-order valence-electron chi connectivity index (χ3n) is 1.58. The summed E-state index contributed by atoms with van der Waals surface area (Å²) in [5, 5.41) is 3.25. The Morgan fingerprint density at radius 3 is 2.15 bits per heavy atom. The van der Waals surface area contributed by atoms with Crippen molar-refractivity contribution in [3.8, 4) is 0 Å². The minimum absolute atomic E-state index is 0.981. The molecule has 1 N–H and O–H groups in total. The van der Waals surface area contributed by atoms with E-state index >= 15 is 0 Å². The van der Waals surface area contributed by atoms with Gasteiger partial charge in [-0.2, -0.15) is 0 Å². The molecule has 3 heteroatoms. The number of rotatable bonds is 3. The summed E-state index contributed by atoms with van der Waals surface area (Å²) in [7, 11) is 3.84. The van der Waals surface area contributed by atoms with Gasteiger partial charge in [0.15, 0.2) is 5.96 Å². The molecular formula is C10H25N3. The van der Waals surface area contributed by atoms with E-state index in [1.807, 2.05) is 27.9 Å². The van der Waals surface area contributed by atoms with Gasteiger partial charge in [0, 0.05) is 27.2 Å². The van der Waals surface area contributed by atoms with E-state index in [1.54, 1.807) is 0 Å². The van der Waals surface area contributed by atoms with Crippen LogP contribution in [0.4, 0.5) is 0 Å². The molecule has 0 heterocycles. The van der Waals surface area contributed by atoms with Crippen LogP contribution in [0.15, 0.2) is 4.99 Å². The van der Waals surface area contributed by atoms with Crippen molar-refractivity contribution < 1.29 is 0 Å². The van der Waals surface area contributed by atoms with Crippen LogP contribution in [0.2, 0.25) is 0 Å². The molecule has 0 aromatic heterocycles. The smallest absolute Gasteiger partial charge is 0.193 e. The first kappa shape index (κ1) is 14.8. The van der Waals surface area contributed by atoms with E-state index in [2.05, 4.69) is 29.1 Å². The topological polar surface area (TPSA) is 27.6 Å². The van der Waals surface area contributed by atoms with E-state index in [4.69, 9.17) is 0 Å². The van der Waals surface area contributed by atoms with Gasteiger partial charge in [0.2, 0.25) is 0 Å². The molecule has 0 aromatic rings. The molecule has 0 aliphatic heterocycles. The Hall–Kier alpha value is -0.730. The highest BCUT2D eigenvalue weighted by Gasteiger charge is 1.99. The normalized spacial score (nSPS) is 10.2. The third kappa shape index (κ3) is 7.62. The molecule has 0 atom stereocenters. The average Bonchev–Trinajstić information content (AvgIpc) is 2.21. The number of nitrogens with one attached hydrogen (secondary N) is 1. The molecule has 0 saturated heterocycles.